The molecule has 2 fully saturated rings. The molecule has 2 N–H and O–H groups in total. The fourth-order valence-corrected chi connectivity index (χ4v) is 4.83. The summed E-state index contributed by atoms with van der Waals surface area (Å²) in [5.41, 5.74) is 0.215. The molecule has 2 aliphatic heterocycles. The first-order valence-corrected chi connectivity index (χ1v) is 11.8. The van der Waals surface area contributed by atoms with Gasteiger partial charge in [0.15, 0.2) is 0 Å². The molecular formula is C26H26FN5O4. The van der Waals surface area contributed by atoms with Crippen LogP contribution in [0.15, 0.2) is 65.7 Å². The molecule has 2 saturated heterocycles. The van der Waals surface area contributed by atoms with Crippen LogP contribution in [-0.2, 0) is 4.79 Å². The molecule has 186 valence electrons. The van der Waals surface area contributed by atoms with E-state index in [0.29, 0.717) is 36.0 Å². The normalized spacial score (nSPS) is 20.1. The molecule has 4 heterocycles. The van der Waals surface area contributed by atoms with E-state index in [0.717, 1.165) is 12.8 Å². The van der Waals surface area contributed by atoms with Crippen molar-refractivity contribution in [3.05, 3.63) is 82.7 Å². The zero-order valence-corrected chi connectivity index (χ0v) is 19.7. The number of halogens is 1. The molecule has 5 rings (SSSR count). The number of carbonyl (C=O) groups is 2. The summed E-state index contributed by atoms with van der Waals surface area (Å²) >= 11 is 0. The van der Waals surface area contributed by atoms with E-state index in [4.69, 9.17) is 4.74 Å². The summed E-state index contributed by atoms with van der Waals surface area (Å²) < 4.78 is 18.7. The van der Waals surface area contributed by atoms with E-state index in [9.17, 15) is 18.8 Å². The van der Waals surface area contributed by atoms with Crippen LogP contribution in [0.2, 0.25) is 0 Å². The topological polar surface area (TPSA) is 108 Å². The van der Waals surface area contributed by atoms with Crippen molar-refractivity contribution in [2.24, 2.45) is 0 Å². The van der Waals surface area contributed by atoms with Crippen molar-refractivity contribution in [3.63, 3.8) is 0 Å². The number of ether oxygens (including phenoxy) is 1. The number of nitrogens with one attached hydrogen (secondary N) is 2. The summed E-state index contributed by atoms with van der Waals surface area (Å²) in [6.07, 6.45) is 4.70. The number of nitrogens with zero attached hydrogens (tertiary/aromatic N) is 3. The lowest BCUT2D eigenvalue weighted by Gasteiger charge is -2.43. The number of anilines is 1. The number of aromatic amines is 1. The monoisotopic (exact) mass is 491 g/mol. The molecule has 10 heteroatoms. The van der Waals surface area contributed by atoms with Crippen molar-refractivity contribution in [2.45, 2.75) is 37.9 Å². The predicted molar refractivity (Wildman–Crippen MR) is 130 cm³/mol. The number of carbonyl (C=O) groups excluding carboxylic acids is 2. The predicted octanol–water partition coefficient (Wildman–Crippen LogP) is 3.02. The minimum atomic E-state index is -0.407. The summed E-state index contributed by atoms with van der Waals surface area (Å²) in [5.74, 6) is 0.719. The maximum atomic E-state index is 13.1. The molecule has 36 heavy (non-hydrogen) atoms. The lowest BCUT2D eigenvalue weighted by molar-refractivity contribution is -0.121. The number of benzene rings is 1. The van der Waals surface area contributed by atoms with Gasteiger partial charge in [0.05, 0.1) is 17.8 Å². The van der Waals surface area contributed by atoms with Crippen LogP contribution >= 0.6 is 0 Å². The summed E-state index contributed by atoms with van der Waals surface area (Å²) in [5, 5.41) is 2.84. The molecule has 2 bridgehead atoms. The van der Waals surface area contributed by atoms with E-state index in [1.54, 1.807) is 18.2 Å². The van der Waals surface area contributed by atoms with Crippen molar-refractivity contribution in [3.8, 4) is 11.5 Å². The number of H-pyrrole nitrogens is 1. The number of rotatable bonds is 6. The van der Waals surface area contributed by atoms with E-state index in [1.165, 1.54) is 42.7 Å². The number of piperazine rings is 1. The average Bonchev–Trinajstić information content (AvgIpc) is 3.15. The molecule has 2 aliphatic rings. The van der Waals surface area contributed by atoms with Gasteiger partial charge in [-0.15, -0.1) is 0 Å². The van der Waals surface area contributed by atoms with Crippen LogP contribution in [0.1, 0.15) is 30.1 Å². The largest absolute Gasteiger partial charge is 0.456 e. The molecule has 3 atom stereocenters. The fourth-order valence-electron chi connectivity index (χ4n) is 4.83. The number of aromatic nitrogens is 2. The van der Waals surface area contributed by atoms with Gasteiger partial charge in [-0.25, -0.2) is 9.37 Å². The molecule has 1 aromatic carbocycles. The third kappa shape index (κ3) is 4.99. The molecule has 2 amide bonds. The number of hydrogen-bond donors (Lipinski definition) is 2. The molecule has 9 nitrogen and oxygen atoms in total. The van der Waals surface area contributed by atoms with Gasteiger partial charge in [-0.3, -0.25) is 19.3 Å². The van der Waals surface area contributed by atoms with Crippen LogP contribution < -0.4 is 15.6 Å². The Morgan fingerprint density at radius 2 is 1.75 bits per heavy atom. The molecule has 0 aliphatic carbocycles. The molecule has 0 radical (unpaired) electrons. The van der Waals surface area contributed by atoms with Crippen LogP contribution in [0, 0.1) is 5.82 Å². The highest BCUT2D eigenvalue weighted by Gasteiger charge is 2.44. The van der Waals surface area contributed by atoms with Crippen LogP contribution in [-0.4, -0.2) is 62.8 Å². The highest BCUT2D eigenvalue weighted by Crippen LogP contribution is 2.32. The van der Waals surface area contributed by atoms with Crippen LogP contribution in [0.25, 0.3) is 0 Å². The van der Waals surface area contributed by atoms with Gasteiger partial charge in [0.25, 0.3) is 5.91 Å². The lowest BCUT2D eigenvalue weighted by atomic mass is 10.1. The Morgan fingerprint density at radius 1 is 1.06 bits per heavy atom. The van der Waals surface area contributed by atoms with Crippen LogP contribution in [0.3, 0.4) is 0 Å². The molecule has 0 saturated carbocycles. The van der Waals surface area contributed by atoms with E-state index in [2.05, 4.69) is 20.2 Å². The second kappa shape index (κ2) is 9.90. The average molecular weight is 492 g/mol. The van der Waals surface area contributed by atoms with Crippen molar-refractivity contribution in [2.75, 3.05) is 18.4 Å². The first kappa shape index (κ1) is 23.7. The van der Waals surface area contributed by atoms with Gasteiger partial charge in [-0.05, 0) is 62.2 Å². The maximum Gasteiger partial charge on any atom is 0.255 e. The number of hydrogen-bond acceptors (Lipinski definition) is 6. The Balaban J connectivity index is 1.18. The standard InChI is InChI=1S/C26H26FN5O4/c1-16(25(34)30-23-10-9-22(13-28-23)36-21-7-3-18(27)4-8-21)31-14-19-5-6-20(15-31)32(19)26(35)17-2-11-24(33)29-12-17/h2-4,7-13,16,19-20H,5-6,14-15H2,1H3,(H,29,33)(H,28,30,34). The molecular weight excluding hydrogens is 465 g/mol. The summed E-state index contributed by atoms with van der Waals surface area (Å²) in [6, 6.07) is 11.5. The van der Waals surface area contributed by atoms with Crippen LogP contribution in [0.4, 0.5) is 10.2 Å². The summed E-state index contributed by atoms with van der Waals surface area (Å²) in [6.45, 7) is 3.04. The fraction of sp³-hybridized carbons (Fsp3) is 0.308. The van der Waals surface area contributed by atoms with E-state index >= 15 is 0 Å². The minimum absolute atomic E-state index is 0.0134. The SMILES string of the molecule is CC(C(=O)Nc1ccc(Oc2ccc(F)cc2)cn1)N1CC2CCC(C1)N2C(=O)c1ccc(=O)[nH]c1. The minimum Gasteiger partial charge on any atom is -0.456 e. The van der Waals surface area contributed by atoms with E-state index in [1.807, 2.05) is 11.8 Å². The maximum absolute atomic E-state index is 13.1. The number of pyridine rings is 2. The first-order chi connectivity index (χ1) is 17.4. The highest BCUT2D eigenvalue weighted by molar-refractivity contribution is 5.95. The molecule has 0 spiro atoms. The van der Waals surface area contributed by atoms with Gasteiger partial charge in [0.2, 0.25) is 11.5 Å². The molecule has 3 unspecified atom stereocenters. The van der Waals surface area contributed by atoms with E-state index < -0.39 is 6.04 Å². The third-order valence-corrected chi connectivity index (χ3v) is 6.74. The van der Waals surface area contributed by atoms with Crippen molar-refractivity contribution < 1.29 is 18.7 Å². The molecule has 3 aromatic rings. The highest BCUT2D eigenvalue weighted by atomic mass is 19.1. The van der Waals surface area contributed by atoms with Gasteiger partial charge < -0.3 is 19.9 Å². The molecule has 2 aromatic heterocycles. The van der Waals surface area contributed by atoms with Crippen LogP contribution in [0.5, 0.6) is 11.5 Å². The zero-order valence-electron chi connectivity index (χ0n) is 19.7. The van der Waals surface area contributed by atoms with Gasteiger partial charge in [0.1, 0.15) is 23.1 Å². The lowest BCUT2D eigenvalue weighted by Crippen LogP contribution is -2.59. The summed E-state index contributed by atoms with van der Waals surface area (Å²) in [4.78, 5) is 48.1. The van der Waals surface area contributed by atoms with Crippen molar-refractivity contribution in [1.82, 2.24) is 19.8 Å². The Bertz CT molecular complexity index is 1280. The Labute approximate surface area is 206 Å². The van der Waals surface area contributed by atoms with Gasteiger partial charge in [-0.1, -0.05) is 0 Å². The van der Waals surface area contributed by atoms with Crippen molar-refractivity contribution >= 4 is 17.6 Å². The zero-order chi connectivity index (χ0) is 25.2. The van der Waals surface area contributed by atoms with E-state index in [-0.39, 0.29) is 35.3 Å². The van der Waals surface area contributed by atoms with Crippen molar-refractivity contribution in [1.29, 1.82) is 0 Å². The second-order valence-electron chi connectivity index (χ2n) is 9.09. The first-order valence-electron chi connectivity index (χ1n) is 11.8. The quantitative estimate of drug-likeness (QED) is 0.549. The number of amides is 2. The third-order valence-electron chi connectivity index (χ3n) is 6.74. The Hall–Kier alpha value is -4.05. The Morgan fingerprint density at radius 3 is 2.36 bits per heavy atom. The second-order valence-corrected chi connectivity index (χ2v) is 9.09. The van der Waals surface area contributed by atoms with Gasteiger partial charge in [-0.2, -0.15) is 0 Å². The van der Waals surface area contributed by atoms with Gasteiger partial charge in [0, 0.05) is 37.4 Å². The van der Waals surface area contributed by atoms with Gasteiger partial charge >= 0.3 is 0 Å². The smallest absolute Gasteiger partial charge is 0.255 e. The number of fused-ring (bicyclic) bond motifs is 2. The Kier molecular flexibility index (Phi) is 6.51. The summed E-state index contributed by atoms with van der Waals surface area (Å²) in [7, 11) is 0. The number of likely N-dealkylation sites (tertiary alicyclic amines) is 1.